The average Bonchev–Trinajstić information content (AvgIpc) is 2.63. The Bertz CT molecular complexity index is 296. The molecule has 1 aromatic heterocycles. The normalized spacial score (nSPS) is 13.0. The summed E-state index contributed by atoms with van der Waals surface area (Å²) in [6, 6.07) is -0.479. The summed E-state index contributed by atoms with van der Waals surface area (Å²) in [6.07, 6.45) is 4.12. The molecule has 0 aliphatic rings. The first kappa shape index (κ1) is 11.7. The van der Waals surface area contributed by atoms with Gasteiger partial charge in [0, 0.05) is 24.9 Å². The Morgan fingerprint density at radius 2 is 2.40 bits per heavy atom. The Balaban J connectivity index is 2.31. The fourth-order valence-corrected chi connectivity index (χ4v) is 1.39. The van der Waals surface area contributed by atoms with E-state index in [2.05, 4.69) is 15.3 Å². The Labute approximate surface area is 88.9 Å². The van der Waals surface area contributed by atoms with Crippen molar-refractivity contribution in [1.29, 1.82) is 0 Å². The van der Waals surface area contributed by atoms with Gasteiger partial charge in [-0.3, -0.25) is 4.79 Å². The Morgan fingerprint density at radius 1 is 1.67 bits per heavy atom. The van der Waals surface area contributed by atoms with Crippen LogP contribution < -0.4 is 5.32 Å². The van der Waals surface area contributed by atoms with Gasteiger partial charge < -0.3 is 15.4 Å². The number of carbonyl (C=O) groups is 1. The van der Waals surface area contributed by atoms with Crippen molar-refractivity contribution in [2.45, 2.75) is 26.3 Å². The second kappa shape index (κ2) is 5.50. The molecule has 0 aromatic carbocycles. The highest BCUT2D eigenvalue weighted by Gasteiger charge is 2.19. The van der Waals surface area contributed by atoms with Gasteiger partial charge >= 0.3 is 5.97 Å². The van der Waals surface area contributed by atoms with E-state index in [4.69, 9.17) is 5.11 Å². The van der Waals surface area contributed by atoms with Gasteiger partial charge in [0.25, 0.3) is 0 Å². The average molecular weight is 211 g/mol. The number of nitrogens with one attached hydrogen (secondary N) is 2. The number of rotatable bonds is 6. The summed E-state index contributed by atoms with van der Waals surface area (Å²) in [6.45, 7) is 4.42. The van der Waals surface area contributed by atoms with Crippen molar-refractivity contribution >= 4 is 5.97 Å². The molecule has 0 saturated heterocycles. The smallest absolute Gasteiger partial charge is 0.320 e. The van der Waals surface area contributed by atoms with Gasteiger partial charge in [0.2, 0.25) is 0 Å². The molecule has 1 heterocycles. The van der Waals surface area contributed by atoms with Crippen molar-refractivity contribution in [3.05, 3.63) is 18.2 Å². The van der Waals surface area contributed by atoms with Gasteiger partial charge in [-0.1, -0.05) is 13.8 Å². The third kappa shape index (κ3) is 3.71. The molecule has 5 heteroatoms. The summed E-state index contributed by atoms with van der Waals surface area (Å²) in [7, 11) is 0. The van der Waals surface area contributed by atoms with E-state index < -0.39 is 12.0 Å². The van der Waals surface area contributed by atoms with Crippen molar-refractivity contribution in [3.8, 4) is 0 Å². The number of carboxylic acid groups (broad SMARTS) is 1. The highest BCUT2D eigenvalue weighted by atomic mass is 16.4. The predicted molar refractivity (Wildman–Crippen MR) is 56.6 cm³/mol. The van der Waals surface area contributed by atoms with Gasteiger partial charge in [-0.15, -0.1) is 0 Å². The molecule has 1 unspecified atom stereocenters. The number of imidazole rings is 1. The van der Waals surface area contributed by atoms with Crippen LogP contribution in [0.5, 0.6) is 0 Å². The monoisotopic (exact) mass is 211 g/mol. The lowest BCUT2D eigenvalue weighted by Crippen LogP contribution is -2.41. The van der Waals surface area contributed by atoms with Crippen molar-refractivity contribution in [3.63, 3.8) is 0 Å². The van der Waals surface area contributed by atoms with E-state index >= 15 is 0 Å². The summed E-state index contributed by atoms with van der Waals surface area (Å²) in [4.78, 5) is 17.7. The van der Waals surface area contributed by atoms with Crippen molar-refractivity contribution in [1.82, 2.24) is 15.3 Å². The lowest BCUT2D eigenvalue weighted by atomic mass is 10.0. The number of nitrogens with zero attached hydrogens (tertiary/aromatic N) is 1. The molecule has 0 aliphatic carbocycles. The van der Waals surface area contributed by atoms with Crippen LogP contribution in [0.3, 0.4) is 0 Å². The van der Waals surface area contributed by atoms with Crippen LogP contribution in [0.1, 0.15) is 19.5 Å². The van der Waals surface area contributed by atoms with E-state index in [1.54, 1.807) is 12.5 Å². The molecule has 0 fully saturated rings. The zero-order valence-corrected chi connectivity index (χ0v) is 9.03. The fraction of sp³-hybridized carbons (Fsp3) is 0.600. The molecule has 0 amide bonds. The molecule has 1 rings (SSSR count). The summed E-state index contributed by atoms with van der Waals surface area (Å²) in [5, 5.41) is 11.9. The number of aromatic amines is 1. The number of carboxylic acids is 1. The van der Waals surface area contributed by atoms with Crippen LogP contribution in [0.25, 0.3) is 0 Å². The number of H-pyrrole nitrogens is 1. The molecule has 0 bridgehead atoms. The molecule has 5 nitrogen and oxygen atoms in total. The van der Waals surface area contributed by atoms with Gasteiger partial charge in [0.05, 0.1) is 6.33 Å². The van der Waals surface area contributed by atoms with Crippen LogP contribution in [-0.4, -0.2) is 33.6 Å². The lowest BCUT2D eigenvalue weighted by molar-refractivity contribution is -0.140. The largest absolute Gasteiger partial charge is 0.480 e. The highest BCUT2D eigenvalue weighted by molar-refractivity contribution is 5.73. The topological polar surface area (TPSA) is 78.0 Å². The second-order valence-electron chi connectivity index (χ2n) is 3.84. The number of aromatic nitrogens is 2. The summed E-state index contributed by atoms with van der Waals surface area (Å²) < 4.78 is 0. The quantitative estimate of drug-likeness (QED) is 0.645. The van der Waals surface area contributed by atoms with E-state index in [1.807, 2.05) is 13.8 Å². The minimum absolute atomic E-state index is 0.0873. The molecule has 0 spiro atoms. The molecule has 1 aromatic rings. The lowest BCUT2D eigenvalue weighted by Gasteiger charge is -2.17. The predicted octanol–water partition coefficient (Wildman–Crippen LogP) is 0.651. The van der Waals surface area contributed by atoms with E-state index in [0.717, 1.165) is 12.1 Å². The van der Waals surface area contributed by atoms with Crippen LogP contribution in [0.15, 0.2) is 12.5 Å². The first-order valence-corrected chi connectivity index (χ1v) is 5.04. The van der Waals surface area contributed by atoms with E-state index in [0.29, 0.717) is 6.54 Å². The fourth-order valence-electron chi connectivity index (χ4n) is 1.39. The maximum atomic E-state index is 10.9. The van der Waals surface area contributed by atoms with Gasteiger partial charge in [0.1, 0.15) is 6.04 Å². The van der Waals surface area contributed by atoms with E-state index in [1.165, 1.54) is 0 Å². The van der Waals surface area contributed by atoms with Crippen molar-refractivity contribution in [2.24, 2.45) is 5.92 Å². The molecular weight excluding hydrogens is 194 g/mol. The SMILES string of the molecule is CC(C)C(NCCc1cnc[nH]1)C(=O)O. The minimum atomic E-state index is -0.797. The molecule has 0 aliphatic heterocycles. The Morgan fingerprint density at radius 3 is 2.87 bits per heavy atom. The molecular formula is C10H17N3O2. The van der Waals surface area contributed by atoms with Gasteiger partial charge in [-0.25, -0.2) is 4.98 Å². The number of hydrogen-bond acceptors (Lipinski definition) is 3. The standard InChI is InChI=1S/C10H17N3O2/c1-7(2)9(10(14)15)12-4-3-8-5-11-6-13-8/h5-7,9,12H,3-4H2,1-2H3,(H,11,13)(H,14,15). The summed E-state index contributed by atoms with van der Waals surface area (Å²) in [5.74, 6) is -0.709. The second-order valence-corrected chi connectivity index (χ2v) is 3.84. The van der Waals surface area contributed by atoms with Crippen LogP contribution in [0.2, 0.25) is 0 Å². The van der Waals surface area contributed by atoms with Gasteiger partial charge in [0.15, 0.2) is 0 Å². The van der Waals surface area contributed by atoms with Crippen LogP contribution in [0, 0.1) is 5.92 Å². The third-order valence-corrected chi connectivity index (χ3v) is 2.25. The maximum absolute atomic E-state index is 10.9. The van der Waals surface area contributed by atoms with Crippen LogP contribution in [0.4, 0.5) is 0 Å². The third-order valence-electron chi connectivity index (χ3n) is 2.25. The summed E-state index contributed by atoms with van der Waals surface area (Å²) >= 11 is 0. The molecule has 84 valence electrons. The van der Waals surface area contributed by atoms with E-state index in [9.17, 15) is 4.79 Å². The zero-order chi connectivity index (χ0) is 11.3. The van der Waals surface area contributed by atoms with Gasteiger partial charge in [-0.2, -0.15) is 0 Å². The first-order valence-electron chi connectivity index (χ1n) is 5.04. The molecule has 15 heavy (non-hydrogen) atoms. The number of hydrogen-bond donors (Lipinski definition) is 3. The van der Waals surface area contributed by atoms with Crippen LogP contribution >= 0.6 is 0 Å². The van der Waals surface area contributed by atoms with E-state index in [-0.39, 0.29) is 5.92 Å². The molecule has 0 saturated carbocycles. The van der Waals surface area contributed by atoms with Crippen molar-refractivity contribution < 1.29 is 9.90 Å². The Hall–Kier alpha value is -1.36. The molecule has 3 N–H and O–H groups in total. The van der Waals surface area contributed by atoms with Crippen LogP contribution in [-0.2, 0) is 11.2 Å². The van der Waals surface area contributed by atoms with Crippen molar-refractivity contribution in [2.75, 3.05) is 6.54 Å². The zero-order valence-electron chi connectivity index (χ0n) is 9.03. The number of aliphatic carboxylic acids is 1. The summed E-state index contributed by atoms with van der Waals surface area (Å²) in [5.41, 5.74) is 1.01. The Kier molecular flexibility index (Phi) is 4.30. The maximum Gasteiger partial charge on any atom is 0.320 e. The first-order chi connectivity index (χ1) is 7.11. The minimum Gasteiger partial charge on any atom is -0.480 e. The molecule has 0 radical (unpaired) electrons. The molecule has 1 atom stereocenters. The van der Waals surface area contributed by atoms with Gasteiger partial charge in [-0.05, 0) is 5.92 Å². The highest BCUT2D eigenvalue weighted by Crippen LogP contribution is 2.01.